The van der Waals surface area contributed by atoms with Gasteiger partial charge in [-0.1, -0.05) is 146 Å². The number of aliphatic hydroxyl groups is 1. The van der Waals surface area contributed by atoms with Crippen LogP contribution in [0.3, 0.4) is 0 Å². The SMILES string of the molecule is COc1ccc(CO[C@@H]2O[C@H](COCc3ccccc3)[C@@H](O)[C@H](O[C@@H]3O[C@@H](C)[C@@H](OCc4ccccc4)[C@@H](OCc4ccccc4)[C@@H]3OCc3ccccc3)[C@H]2N2C(=O)c3ccccc3C2=O)cc1. The minimum Gasteiger partial charge on any atom is -0.497 e. The number of imide groups is 1. The Morgan fingerprint density at radius 3 is 1.46 bits per heavy atom. The number of fused-ring (bicyclic) bond motifs is 1. The Labute approximate surface area is 402 Å². The number of carbonyl (C=O) groups excluding carboxylic acids is 2. The summed E-state index contributed by atoms with van der Waals surface area (Å²) in [6.45, 7) is 2.62. The van der Waals surface area contributed by atoms with Crippen LogP contribution in [-0.4, -0.2) is 96.9 Å². The molecule has 3 heterocycles. The van der Waals surface area contributed by atoms with E-state index in [0.29, 0.717) is 5.75 Å². The Bertz CT molecular complexity index is 2520. The molecule has 3 aliphatic rings. The normalized spacial score (nSPS) is 25.6. The zero-order valence-electron chi connectivity index (χ0n) is 38.6. The van der Waals surface area contributed by atoms with Crippen LogP contribution in [0.1, 0.15) is 55.5 Å². The van der Waals surface area contributed by atoms with Crippen LogP contribution >= 0.6 is 0 Å². The monoisotopic (exact) mass is 935 g/mol. The highest BCUT2D eigenvalue weighted by Gasteiger charge is 2.57. The lowest BCUT2D eigenvalue weighted by Crippen LogP contribution is -2.69. The molecule has 9 rings (SSSR count). The number of amides is 2. The van der Waals surface area contributed by atoms with E-state index < -0.39 is 73.2 Å². The number of aliphatic hydroxyl groups excluding tert-OH is 1. The van der Waals surface area contributed by atoms with Crippen molar-refractivity contribution in [2.75, 3.05) is 13.7 Å². The molecule has 3 aliphatic heterocycles. The molecule has 0 bridgehead atoms. The Kier molecular flexibility index (Phi) is 16.0. The van der Waals surface area contributed by atoms with E-state index in [-0.39, 0.29) is 50.8 Å². The van der Waals surface area contributed by atoms with Gasteiger partial charge in [0.05, 0.1) is 64.0 Å². The summed E-state index contributed by atoms with van der Waals surface area (Å²) in [6.07, 6.45) is -9.65. The van der Waals surface area contributed by atoms with Crippen molar-refractivity contribution in [1.82, 2.24) is 4.90 Å². The maximum atomic E-state index is 14.6. The summed E-state index contributed by atoms with van der Waals surface area (Å²) in [4.78, 5) is 30.2. The van der Waals surface area contributed by atoms with Gasteiger partial charge in [0.25, 0.3) is 11.8 Å². The van der Waals surface area contributed by atoms with E-state index in [9.17, 15) is 14.7 Å². The van der Waals surface area contributed by atoms with Crippen molar-refractivity contribution in [2.24, 2.45) is 0 Å². The first-order chi connectivity index (χ1) is 33.8. The first-order valence-corrected chi connectivity index (χ1v) is 23.3. The van der Waals surface area contributed by atoms with Gasteiger partial charge in [-0.3, -0.25) is 14.5 Å². The lowest BCUT2D eigenvalue weighted by molar-refractivity contribution is -0.359. The Morgan fingerprint density at radius 1 is 0.493 bits per heavy atom. The molecule has 6 aromatic rings. The quantitative estimate of drug-likeness (QED) is 0.0741. The fraction of sp³-hybridized carbons (Fsp3) is 0.321. The third kappa shape index (κ3) is 11.5. The standard InChI is InChI=1S/C56H57NO12/c1-37-49(63-32-39-19-9-4-10-20-39)51(64-33-40-21-11-5-12-22-40)52(65-34-41-23-13-6-14-24-41)56(67-37)69-50-47(57-53(59)44-25-15-16-26-45(44)54(57)60)55(66-35-42-27-29-43(61-2)30-28-42)68-46(48(50)58)36-62-31-38-17-7-3-8-18-38/h3-30,37,46-52,55-56,58H,31-36H2,1-2H3/t37-,46+,47+,48+,49+,50+,51+,52-,55+,56-/m0/s1. The molecule has 13 nitrogen and oxygen atoms in total. The third-order valence-corrected chi connectivity index (χ3v) is 12.6. The summed E-state index contributed by atoms with van der Waals surface area (Å²) in [5.74, 6) is -0.515. The number of hydrogen-bond donors (Lipinski definition) is 1. The fourth-order valence-electron chi connectivity index (χ4n) is 8.99. The summed E-state index contributed by atoms with van der Waals surface area (Å²) in [5.41, 5.74) is 4.87. The van der Waals surface area contributed by atoms with Crippen LogP contribution in [0.15, 0.2) is 170 Å². The van der Waals surface area contributed by atoms with Crippen molar-refractivity contribution in [3.63, 3.8) is 0 Å². The number of nitrogens with zero attached hydrogens (tertiary/aromatic N) is 1. The van der Waals surface area contributed by atoms with Crippen molar-refractivity contribution in [2.45, 2.75) is 101 Å². The van der Waals surface area contributed by atoms with Crippen LogP contribution in [-0.2, 0) is 70.9 Å². The van der Waals surface area contributed by atoms with Gasteiger partial charge >= 0.3 is 0 Å². The molecule has 13 heteroatoms. The molecule has 0 unspecified atom stereocenters. The molecular formula is C56H57NO12. The van der Waals surface area contributed by atoms with E-state index in [1.807, 2.05) is 153 Å². The smallest absolute Gasteiger partial charge is 0.262 e. The maximum Gasteiger partial charge on any atom is 0.262 e. The highest BCUT2D eigenvalue weighted by Crippen LogP contribution is 2.38. The van der Waals surface area contributed by atoms with Crippen molar-refractivity contribution in [3.8, 4) is 5.75 Å². The molecule has 69 heavy (non-hydrogen) atoms. The second-order valence-corrected chi connectivity index (χ2v) is 17.3. The number of carbonyl (C=O) groups is 2. The summed E-state index contributed by atoms with van der Waals surface area (Å²) in [5, 5.41) is 12.7. The van der Waals surface area contributed by atoms with Crippen molar-refractivity contribution < 1.29 is 57.3 Å². The Balaban J connectivity index is 1.09. The lowest BCUT2D eigenvalue weighted by Gasteiger charge is -2.50. The van der Waals surface area contributed by atoms with Crippen LogP contribution < -0.4 is 4.74 Å². The van der Waals surface area contributed by atoms with Crippen LogP contribution in [0.5, 0.6) is 5.75 Å². The van der Waals surface area contributed by atoms with Crippen molar-refractivity contribution in [1.29, 1.82) is 0 Å². The molecular weight excluding hydrogens is 879 g/mol. The zero-order chi connectivity index (χ0) is 47.5. The number of benzene rings is 6. The van der Waals surface area contributed by atoms with Gasteiger partial charge < -0.3 is 47.7 Å². The molecule has 0 saturated carbocycles. The van der Waals surface area contributed by atoms with E-state index in [2.05, 4.69) is 0 Å². The number of rotatable bonds is 20. The summed E-state index contributed by atoms with van der Waals surface area (Å²) >= 11 is 0. The van der Waals surface area contributed by atoms with Crippen LogP contribution in [0.2, 0.25) is 0 Å². The van der Waals surface area contributed by atoms with Gasteiger partial charge in [0, 0.05) is 0 Å². The maximum absolute atomic E-state index is 14.6. The molecule has 358 valence electrons. The zero-order valence-corrected chi connectivity index (χ0v) is 38.6. The number of methoxy groups -OCH3 is 1. The summed E-state index contributed by atoms with van der Waals surface area (Å²) in [7, 11) is 1.59. The average molecular weight is 936 g/mol. The second-order valence-electron chi connectivity index (χ2n) is 17.3. The van der Waals surface area contributed by atoms with Gasteiger partial charge in [-0.05, 0) is 59.0 Å². The predicted molar refractivity (Wildman–Crippen MR) is 254 cm³/mol. The largest absolute Gasteiger partial charge is 0.497 e. The van der Waals surface area contributed by atoms with Crippen molar-refractivity contribution >= 4 is 11.8 Å². The van der Waals surface area contributed by atoms with Gasteiger partial charge in [0.15, 0.2) is 12.6 Å². The molecule has 1 N–H and O–H groups in total. The molecule has 2 amide bonds. The van der Waals surface area contributed by atoms with E-state index in [1.54, 1.807) is 31.4 Å². The molecule has 0 radical (unpaired) electrons. The van der Waals surface area contributed by atoms with Crippen LogP contribution in [0, 0.1) is 0 Å². The van der Waals surface area contributed by atoms with E-state index in [4.69, 9.17) is 42.6 Å². The van der Waals surface area contributed by atoms with Gasteiger partial charge in [0.1, 0.15) is 48.4 Å². The van der Waals surface area contributed by atoms with Crippen LogP contribution in [0.4, 0.5) is 0 Å². The minimum absolute atomic E-state index is 0.00431. The molecule has 6 aromatic carbocycles. The fourth-order valence-corrected chi connectivity index (χ4v) is 8.99. The first kappa shape index (κ1) is 47.9. The summed E-state index contributed by atoms with van der Waals surface area (Å²) < 4.78 is 59.2. The number of hydrogen-bond acceptors (Lipinski definition) is 12. The lowest BCUT2D eigenvalue weighted by atomic mass is 9.94. The van der Waals surface area contributed by atoms with E-state index >= 15 is 0 Å². The number of ether oxygens (including phenoxy) is 9. The first-order valence-electron chi connectivity index (χ1n) is 23.3. The molecule has 0 aromatic heterocycles. The van der Waals surface area contributed by atoms with Gasteiger partial charge in [-0.2, -0.15) is 0 Å². The molecule has 2 fully saturated rings. The van der Waals surface area contributed by atoms with Crippen molar-refractivity contribution in [3.05, 3.63) is 209 Å². The summed E-state index contributed by atoms with van der Waals surface area (Å²) in [6, 6.07) is 51.5. The highest BCUT2D eigenvalue weighted by molar-refractivity contribution is 6.21. The third-order valence-electron chi connectivity index (χ3n) is 12.6. The van der Waals surface area contributed by atoms with Gasteiger partial charge in [-0.15, -0.1) is 0 Å². The Hall–Kier alpha value is -6.10. The minimum atomic E-state index is -1.50. The highest BCUT2D eigenvalue weighted by atomic mass is 16.7. The van der Waals surface area contributed by atoms with E-state index in [0.717, 1.165) is 32.7 Å². The van der Waals surface area contributed by atoms with Gasteiger partial charge in [-0.25, -0.2) is 0 Å². The van der Waals surface area contributed by atoms with Crippen LogP contribution in [0.25, 0.3) is 0 Å². The molecule has 0 spiro atoms. The molecule has 10 atom stereocenters. The predicted octanol–water partition coefficient (Wildman–Crippen LogP) is 8.07. The van der Waals surface area contributed by atoms with E-state index in [1.165, 1.54) is 0 Å². The average Bonchev–Trinajstić information content (AvgIpc) is 3.64. The topological polar surface area (TPSA) is 141 Å². The van der Waals surface area contributed by atoms with Gasteiger partial charge in [0.2, 0.25) is 0 Å². The molecule has 2 saturated heterocycles. The second kappa shape index (κ2) is 23.0. The Morgan fingerprint density at radius 2 is 0.942 bits per heavy atom. The molecule has 0 aliphatic carbocycles.